The Morgan fingerprint density at radius 2 is 0.468 bits per heavy atom. The van der Waals surface area contributed by atoms with Crippen LogP contribution < -0.4 is 0 Å². The van der Waals surface area contributed by atoms with Gasteiger partial charge in [-0.1, -0.05) is 313 Å². The summed E-state index contributed by atoms with van der Waals surface area (Å²) in [4.78, 5) is 38.4. The van der Waals surface area contributed by atoms with Crippen molar-refractivity contribution in [3.05, 3.63) is 48.6 Å². The minimum absolute atomic E-state index is 0.0775. The number of ether oxygens (including phenoxy) is 3. The molecular formula is C71H130O6. The molecule has 0 heterocycles. The highest BCUT2D eigenvalue weighted by atomic mass is 16.6. The lowest BCUT2D eigenvalue weighted by molar-refractivity contribution is -0.167. The zero-order valence-corrected chi connectivity index (χ0v) is 51.7. The van der Waals surface area contributed by atoms with Crippen LogP contribution in [0.1, 0.15) is 367 Å². The Kier molecular flexibility index (Phi) is 63.6. The molecule has 0 aromatic heterocycles. The summed E-state index contributed by atoms with van der Waals surface area (Å²) < 4.78 is 17.0. The molecule has 0 fully saturated rings. The molecule has 6 heteroatoms. The molecule has 1 atom stereocenters. The molecule has 1 unspecified atom stereocenters. The molecule has 0 saturated carbocycles. The molecule has 0 bridgehead atoms. The maximum Gasteiger partial charge on any atom is 0.306 e. The lowest BCUT2D eigenvalue weighted by Crippen LogP contribution is -2.30. The van der Waals surface area contributed by atoms with Crippen molar-refractivity contribution < 1.29 is 28.6 Å². The average Bonchev–Trinajstić information content (AvgIpc) is 3.43. The molecule has 0 N–H and O–H groups in total. The summed E-state index contributed by atoms with van der Waals surface area (Å²) in [5.41, 5.74) is 0. The molecule has 0 amide bonds. The summed E-state index contributed by atoms with van der Waals surface area (Å²) in [6.45, 7) is 6.65. The van der Waals surface area contributed by atoms with Crippen molar-refractivity contribution in [1.82, 2.24) is 0 Å². The molecule has 0 aliphatic rings. The number of carbonyl (C=O) groups excluding carboxylic acids is 3. The molecule has 450 valence electrons. The zero-order valence-electron chi connectivity index (χ0n) is 51.7. The monoisotopic (exact) mass is 1080 g/mol. The Hall–Kier alpha value is -2.63. The highest BCUT2D eigenvalue weighted by Crippen LogP contribution is 2.18. The van der Waals surface area contributed by atoms with Gasteiger partial charge in [-0.15, -0.1) is 0 Å². The maximum atomic E-state index is 12.9. The first-order valence-corrected chi connectivity index (χ1v) is 34.1. The van der Waals surface area contributed by atoms with E-state index >= 15 is 0 Å². The first-order chi connectivity index (χ1) is 38.0. The van der Waals surface area contributed by atoms with Crippen molar-refractivity contribution in [3.8, 4) is 0 Å². The van der Waals surface area contributed by atoms with Crippen molar-refractivity contribution >= 4 is 17.9 Å². The van der Waals surface area contributed by atoms with Gasteiger partial charge in [-0.05, 0) is 83.5 Å². The van der Waals surface area contributed by atoms with E-state index in [0.29, 0.717) is 19.3 Å². The Balaban J connectivity index is 4.27. The summed E-state index contributed by atoms with van der Waals surface area (Å²) in [5.74, 6) is -0.876. The largest absolute Gasteiger partial charge is 0.462 e. The summed E-state index contributed by atoms with van der Waals surface area (Å²) in [6.07, 6.45) is 82.8. The standard InChI is InChI=1S/C71H130O6/c1-4-7-10-13-16-19-22-25-28-30-32-33-34-35-36-37-38-40-41-43-46-49-52-55-58-61-64-70(73)76-67-68(66-75-69(72)63-60-57-54-51-48-45-27-24-21-18-15-12-9-6-3)77-71(74)65-62-59-56-53-50-47-44-42-39-31-29-26-23-20-17-14-11-8-5-2/h17,20,24,26-27,29,39,42,68H,4-16,18-19,21-23,25,28,30-38,40-41,43-67H2,1-3H3/b20-17-,27-24-,29-26-,42-39-. The third kappa shape index (κ3) is 64.1. The van der Waals surface area contributed by atoms with Crippen LogP contribution in [-0.2, 0) is 28.6 Å². The van der Waals surface area contributed by atoms with E-state index < -0.39 is 6.10 Å². The van der Waals surface area contributed by atoms with Crippen LogP contribution in [-0.4, -0.2) is 37.2 Å². The summed E-state index contributed by atoms with van der Waals surface area (Å²) in [5, 5.41) is 0. The Morgan fingerprint density at radius 3 is 0.766 bits per heavy atom. The normalized spacial score (nSPS) is 12.3. The highest BCUT2D eigenvalue weighted by Gasteiger charge is 2.19. The predicted octanol–water partition coefficient (Wildman–Crippen LogP) is 23.3. The van der Waals surface area contributed by atoms with Gasteiger partial charge in [0, 0.05) is 19.3 Å². The molecule has 0 radical (unpaired) electrons. The molecule has 77 heavy (non-hydrogen) atoms. The van der Waals surface area contributed by atoms with Crippen LogP contribution in [0.5, 0.6) is 0 Å². The highest BCUT2D eigenvalue weighted by molar-refractivity contribution is 5.71. The van der Waals surface area contributed by atoms with Crippen LogP contribution >= 0.6 is 0 Å². The summed E-state index contributed by atoms with van der Waals surface area (Å²) >= 11 is 0. The van der Waals surface area contributed by atoms with Gasteiger partial charge in [-0.3, -0.25) is 14.4 Å². The van der Waals surface area contributed by atoms with Gasteiger partial charge < -0.3 is 14.2 Å². The van der Waals surface area contributed by atoms with Crippen molar-refractivity contribution in [3.63, 3.8) is 0 Å². The molecule has 0 aromatic rings. The molecule has 0 spiro atoms. The zero-order chi connectivity index (χ0) is 55.7. The minimum Gasteiger partial charge on any atom is -0.462 e. The fraction of sp³-hybridized carbons (Fsp3) is 0.845. The lowest BCUT2D eigenvalue weighted by atomic mass is 10.0. The average molecular weight is 1080 g/mol. The van der Waals surface area contributed by atoms with E-state index in [1.165, 1.54) is 238 Å². The van der Waals surface area contributed by atoms with Crippen LogP contribution in [0.25, 0.3) is 0 Å². The van der Waals surface area contributed by atoms with Crippen molar-refractivity contribution in [2.45, 2.75) is 374 Å². The first-order valence-electron chi connectivity index (χ1n) is 34.1. The quantitative estimate of drug-likeness (QED) is 0.0261. The topological polar surface area (TPSA) is 78.9 Å². The number of carbonyl (C=O) groups is 3. The molecule has 0 aliphatic heterocycles. The van der Waals surface area contributed by atoms with Crippen LogP contribution in [0.15, 0.2) is 48.6 Å². The molecule has 0 aromatic carbocycles. The van der Waals surface area contributed by atoms with E-state index in [-0.39, 0.29) is 31.1 Å². The number of unbranched alkanes of at least 4 members (excludes halogenated alkanes) is 44. The van der Waals surface area contributed by atoms with E-state index in [2.05, 4.69) is 69.4 Å². The predicted molar refractivity (Wildman–Crippen MR) is 335 cm³/mol. The smallest absolute Gasteiger partial charge is 0.306 e. The van der Waals surface area contributed by atoms with Crippen molar-refractivity contribution in [2.24, 2.45) is 0 Å². The van der Waals surface area contributed by atoms with Crippen molar-refractivity contribution in [1.29, 1.82) is 0 Å². The first kappa shape index (κ1) is 74.4. The number of esters is 3. The van der Waals surface area contributed by atoms with Crippen LogP contribution in [0.4, 0.5) is 0 Å². The van der Waals surface area contributed by atoms with E-state index in [0.717, 1.165) is 89.9 Å². The molecule has 0 saturated heterocycles. The number of rotatable bonds is 63. The second-order valence-electron chi connectivity index (χ2n) is 23.1. The molecule has 0 aliphatic carbocycles. The second kappa shape index (κ2) is 65.9. The summed E-state index contributed by atoms with van der Waals surface area (Å²) in [6, 6.07) is 0. The van der Waals surface area contributed by atoms with Gasteiger partial charge in [-0.2, -0.15) is 0 Å². The van der Waals surface area contributed by atoms with Gasteiger partial charge in [0.05, 0.1) is 0 Å². The third-order valence-electron chi connectivity index (χ3n) is 15.3. The SMILES string of the molecule is CCCCC/C=C\C/C=C\C/C=C\CCCCCCCCC(=O)OC(COC(=O)CCCCCCC/C=C\CCCCCCC)COC(=O)CCCCCCCCCCCCCCCCCCCCCCCCCCCC. The van der Waals surface area contributed by atoms with Gasteiger partial charge in [0.15, 0.2) is 6.10 Å². The second-order valence-corrected chi connectivity index (χ2v) is 23.1. The van der Waals surface area contributed by atoms with E-state index in [1.807, 2.05) is 0 Å². The van der Waals surface area contributed by atoms with Gasteiger partial charge in [0.1, 0.15) is 13.2 Å². The van der Waals surface area contributed by atoms with Crippen LogP contribution in [0.2, 0.25) is 0 Å². The minimum atomic E-state index is -0.783. The lowest BCUT2D eigenvalue weighted by Gasteiger charge is -2.18. The van der Waals surface area contributed by atoms with Crippen LogP contribution in [0.3, 0.4) is 0 Å². The third-order valence-corrected chi connectivity index (χ3v) is 15.3. The fourth-order valence-electron chi connectivity index (χ4n) is 10.2. The van der Waals surface area contributed by atoms with E-state index in [9.17, 15) is 14.4 Å². The van der Waals surface area contributed by atoms with Gasteiger partial charge in [0.2, 0.25) is 0 Å². The van der Waals surface area contributed by atoms with Crippen LogP contribution in [0, 0.1) is 0 Å². The fourth-order valence-corrected chi connectivity index (χ4v) is 10.2. The van der Waals surface area contributed by atoms with Gasteiger partial charge >= 0.3 is 17.9 Å². The number of hydrogen-bond acceptors (Lipinski definition) is 6. The van der Waals surface area contributed by atoms with E-state index in [1.54, 1.807) is 0 Å². The molecular weight excluding hydrogens is 949 g/mol. The van der Waals surface area contributed by atoms with Gasteiger partial charge in [0.25, 0.3) is 0 Å². The molecule has 0 rings (SSSR count). The summed E-state index contributed by atoms with van der Waals surface area (Å²) in [7, 11) is 0. The van der Waals surface area contributed by atoms with Gasteiger partial charge in [-0.25, -0.2) is 0 Å². The Morgan fingerprint density at radius 1 is 0.260 bits per heavy atom. The molecule has 6 nitrogen and oxygen atoms in total. The number of hydrogen-bond donors (Lipinski definition) is 0. The Bertz CT molecular complexity index is 1330. The van der Waals surface area contributed by atoms with Crippen molar-refractivity contribution in [2.75, 3.05) is 13.2 Å². The number of allylic oxidation sites excluding steroid dienone is 8. The Labute approximate surface area is 479 Å². The van der Waals surface area contributed by atoms with E-state index in [4.69, 9.17) is 14.2 Å². The maximum absolute atomic E-state index is 12.9.